The van der Waals surface area contributed by atoms with E-state index in [1.165, 1.54) is 4.57 Å². The van der Waals surface area contributed by atoms with E-state index in [0.717, 1.165) is 12.4 Å². The Balaban J connectivity index is 2.40. The van der Waals surface area contributed by atoms with Crippen LogP contribution in [0.1, 0.15) is 27.7 Å². The molecule has 0 aliphatic heterocycles. The van der Waals surface area contributed by atoms with Gasteiger partial charge < -0.3 is 9.88 Å². The summed E-state index contributed by atoms with van der Waals surface area (Å²) in [5.41, 5.74) is 0.577. The molecule has 0 spiro atoms. The number of sulfonamides is 2. The van der Waals surface area contributed by atoms with Crippen LogP contribution in [0.15, 0.2) is 52.5 Å². The highest BCUT2D eigenvalue weighted by molar-refractivity contribution is 7.92. The number of carbonyl (C=O) groups is 1. The van der Waals surface area contributed by atoms with E-state index in [9.17, 15) is 21.6 Å². The zero-order valence-corrected chi connectivity index (χ0v) is 18.3. The minimum atomic E-state index is -4.10. The number of anilines is 1. The molecule has 0 saturated carbocycles. The first kappa shape index (κ1) is 23.1. The van der Waals surface area contributed by atoms with E-state index in [1.807, 2.05) is 0 Å². The molecule has 1 amide bonds. The van der Waals surface area contributed by atoms with Crippen molar-refractivity contribution in [2.24, 2.45) is 0 Å². The summed E-state index contributed by atoms with van der Waals surface area (Å²) in [5.74, 6) is -0.423. The summed E-state index contributed by atoms with van der Waals surface area (Å²) in [5, 5.41) is 2.67. The van der Waals surface area contributed by atoms with E-state index < -0.39 is 47.8 Å². The smallest absolute Gasteiger partial charge is 0.244 e. The fourth-order valence-electron chi connectivity index (χ4n) is 2.60. The Morgan fingerprint density at radius 3 is 1.72 bits per heavy atom. The molecular weight excluding hydrogens is 416 g/mol. The summed E-state index contributed by atoms with van der Waals surface area (Å²) in [4.78, 5) is 11.5. The lowest BCUT2D eigenvalue weighted by Crippen LogP contribution is -2.34. The third-order valence-electron chi connectivity index (χ3n) is 3.55. The number of para-hydroxylation sites is 1. The molecule has 29 heavy (non-hydrogen) atoms. The van der Waals surface area contributed by atoms with Crippen molar-refractivity contribution < 1.29 is 21.6 Å². The molecule has 160 valence electrons. The number of benzene rings is 1. The van der Waals surface area contributed by atoms with Crippen molar-refractivity contribution in [3.05, 3.63) is 42.7 Å². The Morgan fingerprint density at radius 2 is 1.31 bits per heavy atom. The summed E-state index contributed by atoms with van der Waals surface area (Å²) in [6, 6.07) is 7.87. The number of carbonyl (C=O) groups excluding carboxylic acids is 1. The second-order valence-corrected chi connectivity index (χ2v) is 10.5. The van der Waals surface area contributed by atoms with Gasteiger partial charge in [0.2, 0.25) is 26.0 Å². The van der Waals surface area contributed by atoms with Gasteiger partial charge in [0, 0.05) is 30.2 Å². The van der Waals surface area contributed by atoms with Crippen LogP contribution in [0, 0.1) is 0 Å². The minimum absolute atomic E-state index is 0.254. The van der Waals surface area contributed by atoms with Gasteiger partial charge >= 0.3 is 0 Å². The third kappa shape index (κ3) is 6.39. The van der Waals surface area contributed by atoms with Gasteiger partial charge in [0.1, 0.15) is 16.3 Å². The van der Waals surface area contributed by atoms with Gasteiger partial charge in [0.05, 0.1) is 0 Å². The Labute approximate surface area is 171 Å². The molecule has 0 aliphatic rings. The third-order valence-corrected chi connectivity index (χ3v) is 7.05. The Morgan fingerprint density at radius 1 is 0.862 bits per heavy atom. The van der Waals surface area contributed by atoms with Crippen LogP contribution in [0.2, 0.25) is 0 Å². The predicted molar refractivity (Wildman–Crippen MR) is 110 cm³/mol. The lowest BCUT2D eigenvalue weighted by molar-refractivity contribution is -0.116. The number of aromatic nitrogens is 1. The highest BCUT2D eigenvalue weighted by Gasteiger charge is 2.30. The summed E-state index contributed by atoms with van der Waals surface area (Å²) in [7, 11) is -8.21. The zero-order chi connectivity index (χ0) is 21.8. The Hall–Kier alpha value is -2.21. The second kappa shape index (κ2) is 9.08. The first-order chi connectivity index (χ1) is 13.4. The van der Waals surface area contributed by atoms with Crippen LogP contribution in [0.25, 0.3) is 0 Å². The van der Waals surface area contributed by atoms with Gasteiger partial charge in [-0.2, -0.15) is 0 Å². The molecule has 0 unspecified atom stereocenters. The molecule has 2 rings (SSSR count). The van der Waals surface area contributed by atoms with Gasteiger partial charge in [-0.05, 0) is 39.8 Å². The van der Waals surface area contributed by atoms with E-state index in [0.29, 0.717) is 5.69 Å². The van der Waals surface area contributed by atoms with Crippen molar-refractivity contribution in [1.82, 2.24) is 14.0 Å². The predicted octanol–water partition coefficient (Wildman–Crippen LogP) is 1.50. The number of nitrogens with zero attached hydrogens (tertiary/aromatic N) is 1. The van der Waals surface area contributed by atoms with Crippen LogP contribution >= 0.6 is 0 Å². The van der Waals surface area contributed by atoms with Gasteiger partial charge in [-0.1, -0.05) is 18.2 Å². The quantitative estimate of drug-likeness (QED) is 0.542. The molecule has 0 aliphatic carbocycles. The van der Waals surface area contributed by atoms with Gasteiger partial charge in [0.25, 0.3) is 0 Å². The Kier molecular flexibility index (Phi) is 7.22. The summed E-state index contributed by atoms with van der Waals surface area (Å²) in [6.45, 7) is 6.26. The van der Waals surface area contributed by atoms with Crippen LogP contribution in [0.4, 0.5) is 5.69 Å². The molecule has 1 aromatic carbocycles. The highest BCUT2D eigenvalue weighted by atomic mass is 32.2. The lowest BCUT2D eigenvalue weighted by atomic mass is 10.3. The zero-order valence-electron chi connectivity index (χ0n) is 16.7. The maximum absolute atomic E-state index is 12.7. The van der Waals surface area contributed by atoms with Gasteiger partial charge in [0.15, 0.2) is 0 Å². The molecular formula is C18H26N4O5S2. The minimum Gasteiger partial charge on any atom is -0.342 e. The van der Waals surface area contributed by atoms with E-state index in [4.69, 9.17) is 0 Å². The SMILES string of the molecule is CC(C)NS(=O)(=O)c1cn(CC(=O)Nc2ccccc2)cc1S(=O)(=O)NC(C)C. The highest BCUT2D eigenvalue weighted by Crippen LogP contribution is 2.23. The van der Waals surface area contributed by atoms with E-state index >= 15 is 0 Å². The number of rotatable bonds is 9. The molecule has 1 heterocycles. The maximum atomic E-state index is 12.7. The normalized spacial score (nSPS) is 12.5. The molecule has 0 saturated heterocycles. The fraction of sp³-hybridized carbons (Fsp3) is 0.389. The fourth-order valence-corrected chi connectivity index (χ4v) is 5.93. The second-order valence-electron chi connectivity index (χ2n) is 7.13. The van der Waals surface area contributed by atoms with Crippen LogP contribution in [-0.4, -0.2) is 39.4 Å². The molecule has 2 aromatic rings. The first-order valence-electron chi connectivity index (χ1n) is 9.00. The lowest BCUT2D eigenvalue weighted by Gasteiger charge is -2.12. The van der Waals surface area contributed by atoms with E-state index in [2.05, 4.69) is 14.8 Å². The monoisotopic (exact) mass is 442 g/mol. The Bertz CT molecular complexity index is 1000. The molecule has 3 N–H and O–H groups in total. The van der Waals surface area contributed by atoms with Crippen LogP contribution in [0.3, 0.4) is 0 Å². The van der Waals surface area contributed by atoms with Crippen LogP contribution < -0.4 is 14.8 Å². The molecule has 0 fully saturated rings. The number of nitrogens with one attached hydrogen (secondary N) is 3. The molecule has 0 bridgehead atoms. The van der Waals surface area contributed by atoms with Crippen molar-refractivity contribution >= 4 is 31.6 Å². The average molecular weight is 443 g/mol. The van der Waals surface area contributed by atoms with Crippen molar-refractivity contribution in [2.75, 3.05) is 5.32 Å². The van der Waals surface area contributed by atoms with Crippen molar-refractivity contribution in [3.63, 3.8) is 0 Å². The van der Waals surface area contributed by atoms with E-state index in [-0.39, 0.29) is 6.54 Å². The first-order valence-corrected chi connectivity index (χ1v) is 12.0. The molecule has 0 radical (unpaired) electrons. The largest absolute Gasteiger partial charge is 0.342 e. The van der Waals surface area contributed by atoms with Crippen molar-refractivity contribution in [2.45, 2.75) is 56.1 Å². The van der Waals surface area contributed by atoms with Gasteiger partial charge in [-0.25, -0.2) is 26.3 Å². The van der Waals surface area contributed by atoms with Gasteiger partial charge in [-0.3, -0.25) is 4.79 Å². The number of hydrogen-bond acceptors (Lipinski definition) is 5. The average Bonchev–Trinajstić information content (AvgIpc) is 2.99. The topological polar surface area (TPSA) is 126 Å². The van der Waals surface area contributed by atoms with Gasteiger partial charge in [-0.15, -0.1) is 0 Å². The maximum Gasteiger partial charge on any atom is 0.244 e. The number of amides is 1. The summed E-state index contributed by atoms with van der Waals surface area (Å²) >= 11 is 0. The molecule has 0 atom stereocenters. The number of hydrogen-bond donors (Lipinski definition) is 3. The molecule has 1 aromatic heterocycles. The summed E-state index contributed by atoms with van der Waals surface area (Å²) in [6.07, 6.45) is 2.29. The van der Waals surface area contributed by atoms with E-state index in [1.54, 1.807) is 58.0 Å². The van der Waals surface area contributed by atoms with Crippen molar-refractivity contribution in [3.8, 4) is 0 Å². The van der Waals surface area contributed by atoms with Crippen molar-refractivity contribution in [1.29, 1.82) is 0 Å². The molecule has 11 heteroatoms. The summed E-state index contributed by atoms with van der Waals surface area (Å²) < 4.78 is 56.7. The van der Waals surface area contributed by atoms with Crippen LogP contribution in [-0.2, 0) is 31.4 Å². The van der Waals surface area contributed by atoms with Crippen LogP contribution in [0.5, 0.6) is 0 Å². The molecule has 9 nitrogen and oxygen atoms in total. The standard InChI is InChI=1S/C18H26N4O5S2/c1-13(2)20-28(24,25)16-10-22(11-17(16)29(26,27)21-14(3)4)12-18(23)19-15-8-6-5-7-9-15/h5-11,13-14,20-21H,12H2,1-4H3,(H,19,23).